The fraction of sp³-hybridized carbons (Fsp3) is 0.556. The van der Waals surface area contributed by atoms with E-state index in [4.69, 9.17) is 9.47 Å². The van der Waals surface area contributed by atoms with Crippen molar-refractivity contribution in [2.75, 3.05) is 13.2 Å². The highest BCUT2D eigenvalue weighted by Gasteiger charge is 2.18. The van der Waals surface area contributed by atoms with E-state index in [2.05, 4.69) is 71.2 Å². The van der Waals surface area contributed by atoms with E-state index in [-0.39, 0.29) is 35.2 Å². The molecule has 266 valence electrons. The standard InChI is InChI=1S/C36H50O12/c1-35(2,3)29-21-17-27(18-22-29)31(37)43-47-45-33(39)41-25-15-13-11-9-7-8-10-12-14-16-26-42-34(40)46-48-44-32(38)28-19-23-30(24-20-28)36(4,5)6/h17-24H,7-16,25-26H2,1-6H3. The maximum atomic E-state index is 12.0. The van der Waals surface area contributed by atoms with Crippen LogP contribution in [0.15, 0.2) is 48.5 Å². The highest BCUT2D eigenvalue weighted by molar-refractivity contribution is 5.89. The lowest BCUT2D eigenvalue weighted by molar-refractivity contribution is -0.452. The average molecular weight is 675 g/mol. The molecule has 0 aliphatic rings. The largest absolute Gasteiger partial charge is 0.543 e. The third kappa shape index (κ3) is 16.6. The van der Waals surface area contributed by atoms with Gasteiger partial charge in [0.15, 0.2) is 0 Å². The summed E-state index contributed by atoms with van der Waals surface area (Å²) in [4.78, 5) is 64.7. The second-order valence-electron chi connectivity index (χ2n) is 13.4. The van der Waals surface area contributed by atoms with Crippen molar-refractivity contribution >= 4 is 24.2 Å². The highest BCUT2D eigenvalue weighted by Crippen LogP contribution is 2.23. The molecule has 0 N–H and O–H groups in total. The Kier molecular flexibility index (Phi) is 17.5. The molecule has 48 heavy (non-hydrogen) atoms. The van der Waals surface area contributed by atoms with Crippen molar-refractivity contribution in [3.8, 4) is 0 Å². The zero-order valence-corrected chi connectivity index (χ0v) is 29.0. The first-order valence-corrected chi connectivity index (χ1v) is 16.4. The molecule has 0 bridgehead atoms. The molecule has 0 aromatic heterocycles. The van der Waals surface area contributed by atoms with Crippen LogP contribution in [0.25, 0.3) is 0 Å². The molecule has 0 fully saturated rings. The SMILES string of the molecule is CC(C)(C)c1ccc(C(=O)OOOC(=O)OCCCCCCCCCCCCOC(=O)OOOC(=O)c2ccc(C(C)(C)C)cc2)cc1. The third-order valence-corrected chi connectivity index (χ3v) is 7.38. The molecule has 2 aromatic rings. The van der Waals surface area contributed by atoms with Crippen molar-refractivity contribution in [2.45, 2.75) is 117 Å². The van der Waals surface area contributed by atoms with Crippen LogP contribution in [-0.4, -0.2) is 37.5 Å². The van der Waals surface area contributed by atoms with Crippen LogP contribution in [0.1, 0.15) is 138 Å². The molecule has 0 unspecified atom stereocenters. The molecule has 2 aromatic carbocycles. The number of benzene rings is 2. The second kappa shape index (κ2) is 20.9. The normalized spacial score (nSPS) is 11.4. The van der Waals surface area contributed by atoms with Gasteiger partial charge in [-0.25, -0.2) is 29.0 Å². The van der Waals surface area contributed by atoms with Crippen LogP contribution < -0.4 is 0 Å². The maximum Gasteiger partial charge on any atom is 0.543 e. The van der Waals surface area contributed by atoms with E-state index >= 15 is 0 Å². The lowest BCUT2D eigenvalue weighted by Gasteiger charge is -2.18. The Morgan fingerprint density at radius 1 is 0.438 bits per heavy atom. The Hall–Kier alpha value is -4.16. The number of carbonyl (C=O) groups is 4. The van der Waals surface area contributed by atoms with Gasteiger partial charge >= 0.3 is 24.2 Å². The molecule has 0 radical (unpaired) electrons. The van der Waals surface area contributed by atoms with E-state index in [1.165, 1.54) is 0 Å². The Bertz CT molecular complexity index is 1160. The summed E-state index contributed by atoms with van der Waals surface area (Å²) in [6, 6.07) is 13.7. The molecule has 0 spiro atoms. The Balaban J connectivity index is 1.35. The maximum absolute atomic E-state index is 12.0. The van der Waals surface area contributed by atoms with Crippen LogP contribution in [0.3, 0.4) is 0 Å². The zero-order chi connectivity index (χ0) is 35.4. The summed E-state index contributed by atoms with van der Waals surface area (Å²) in [7, 11) is 0. The van der Waals surface area contributed by atoms with Gasteiger partial charge in [0, 0.05) is 0 Å². The molecule has 0 saturated heterocycles. The summed E-state index contributed by atoms with van der Waals surface area (Å²) in [5.74, 6) is -1.58. The monoisotopic (exact) mass is 674 g/mol. The van der Waals surface area contributed by atoms with Gasteiger partial charge in [0.1, 0.15) is 0 Å². The summed E-state index contributed by atoms with van der Waals surface area (Å²) in [6.07, 6.45) is 7.34. The predicted molar refractivity (Wildman–Crippen MR) is 174 cm³/mol. The van der Waals surface area contributed by atoms with Gasteiger partial charge in [0.25, 0.3) is 0 Å². The Morgan fingerprint density at radius 3 is 1.02 bits per heavy atom. The van der Waals surface area contributed by atoms with Crippen molar-refractivity contribution in [3.63, 3.8) is 0 Å². The minimum atomic E-state index is -1.08. The van der Waals surface area contributed by atoms with Gasteiger partial charge in [0.05, 0.1) is 34.4 Å². The van der Waals surface area contributed by atoms with E-state index in [1.807, 2.05) is 24.3 Å². The minimum absolute atomic E-state index is 0.0479. The molecular weight excluding hydrogens is 624 g/mol. The molecule has 12 nitrogen and oxygen atoms in total. The molecule has 0 saturated carbocycles. The van der Waals surface area contributed by atoms with Crippen LogP contribution in [0.2, 0.25) is 0 Å². The lowest BCUT2D eigenvalue weighted by Crippen LogP contribution is -2.14. The van der Waals surface area contributed by atoms with Gasteiger partial charge in [-0.3, -0.25) is 9.78 Å². The van der Waals surface area contributed by atoms with Gasteiger partial charge < -0.3 is 9.47 Å². The molecule has 0 amide bonds. The van der Waals surface area contributed by atoms with Crippen LogP contribution in [0, 0.1) is 0 Å². The summed E-state index contributed by atoms with van der Waals surface area (Å²) in [6.45, 7) is 12.7. The molecule has 0 heterocycles. The molecule has 0 atom stereocenters. The predicted octanol–water partition coefficient (Wildman–Crippen LogP) is 9.20. The first-order valence-electron chi connectivity index (χ1n) is 16.4. The second-order valence-corrected chi connectivity index (χ2v) is 13.4. The Morgan fingerprint density at radius 2 is 0.729 bits per heavy atom. The summed E-state index contributed by atoms with van der Waals surface area (Å²) in [5.41, 5.74) is 2.55. The van der Waals surface area contributed by atoms with Gasteiger partial charge in [0.2, 0.25) is 0 Å². The quantitative estimate of drug-likeness (QED) is 0.0606. The number of rotatable bonds is 19. The van der Waals surface area contributed by atoms with Crippen molar-refractivity contribution in [3.05, 3.63) is 70.8 Å². The van der Waals surface area contributed by atoms with Crippen molar-refractivity contribution in [2.24, 2.45) is 0 Å². The third-order valence-electron chi connectivity index (χ3n) is 7.38. The van der Waals surface area contributed by atoms with Gasteiger partial charge in [-0.15, -0.1) is 0 Å². The summed E-state index contributed by atoms with van der Waals surface area (Å²) in [5, 5.41) is 8.51. The number of hydrogen-bond donors (Lipinski definition) is 0. The molecule has 0 aliphatic heterocycles. The van der Waals surface area contributed by atoms with Crippen LogP contribution in [0.4, 0.5) is 9.59 Å². The van der Waals surface area contributed by atoms with E-state index < -0.39 is 24.2 Å². The molecular formula is C36H50O12. The van der Waals surface area contributed by atoms with E-state index in [0.29, 0.717) is 12.8 Å². The Labute approximate surface area is 283 Å². The first-order chi connectivity index (χ1) is 22.8. The number of carbonyl (C=O) groups excluding carboxylic acids is 4. The van der Waals surface area contributed by atoms with Crippen LogP contribution >= 0.6 is 0 Å². The van der Waals surface area contributed by atoms with Crippen molar-refractivity contribution in [1.82, 2.24) is 0 Å². The minimum Gasteiger partial charge on any atom is -0.432 e. The fourth-order valence-corrected chi connectivity index (χ4v) is 4.44. The van der Waals surface area contributed by atoms with Gasteiger partial charge in [-0.05, 0) is 59.1 Å². The topological polar surface area (TPSA) is 142 Å². The zero-order valence-electron chi connectivity index (χ0n) is 29.0. The van der Waals surface area contributed by atoms with Crippen LogP contribution in [0.5, 0.6) is 0 Å². The van der Waals surface area contributed by atoms with Crippen LogP contribution in [-0.2, 0) is 49.9 Å². The molecule has 12 heteroatoms. The highest BCUT2D eigenvalue weighted by atomic mass is 17.5. The van der Waals surface area contributed by atoms with Gasteiger partial charge in [-0.2, -0.15) is 0 Å². The van der Waals surface area contributed by atoms with E-state index in [1.54, 1.807) is 24.3 Å². The van der Waals surface area contributed by atoms with Crippen molar-refractivity contribution < 1.29 is 58.3 Å². The molecule has 2 rings (SSSR count). The number of hydrogen-bond acceptors (Lipinski definition) is 12. The summed E-state index contributed by atoms with van der Waals surface area (Å²) < 4.78 is 9.81. The molecule has 0 aliphatic carbocycles. The van der Waals surface area contributed by atoms with Crippen molar-refractivity contribution in [1.29, 1.82) is 0 Å². The lowest BCUT2D eigenvalue weighted by atomic mass is 9.87. The fourth-order valence-electron chi connectivity index (χ4n) is 4.44. The smallest absolute Gasteiger partial charge is 0.432 e. The van der Waals surface area contributed by atoms with E-state index in [9.17, 15) is 19.2 Å². The summed E-state index contributed by atoms with van der Waals surface area (Å²) >= 11 is 0. The average Bonchev–Trinajstić information content (AvgIpc) is 3.04. The first kappa shape index (κ1) is 40.0. The number of ether oxygens (including phenoxy) is 2. The van der Waals surface area contributed by atoms with Gasteiger partial charge in [-0.1, -0.05) is 117 Å². The number of unbranched alkanes of at least 4 members (excludes halogenated alkanes) is 9. The van der Waals surface area contributed by atoms with E-state index in [0.717, 1.165) is 62.5 Å².